The Morgan fingerprint density at radius 1 is 1.25 bits per heavy atom. The summed E-state index contributed by atoms with van der Waals surface area (Å²) in [5.74, 6) is 0.403. The molecule has 20 heavy (non-hydrogen) atoms. The summed E-state index contributed by atoms with van der Waals surface area (Å²) in [7, 11) is 0. The Bertz CT molecular complexity index is 641. The minimum Gasteiger partial charge on any atom is -0.397 e. The number of rotatable bonds is 2. The molecule has 0 aliphatic rings. The van der Waals surface area contributed by atoms with Gasteiger partial charge in [0.1, 0.15) is 5.82 Å². The SMILES string of the molecule is Cc1cc(N)cnc1Nc1cc(C(F)(F)F)ccc1Cl. The van der Waals surface area contributed by atoms with E-state index in [2.05, 4.69) is 10.3 Å². The zero-order chi connectivity index (χ0) is 14.9. The minimum absolute atomic E-state index is 0.141. The lowest BCUT2D eigenvalue weighted by Crippen LogP contribution is -2.06. The van der Waals surface area contributed by atoms with Crippen molar-refractivity contribution >= 4 is 28.8 Å². The summed E-state index contributed by atoms with van der Waals surface area (Å²) < 4.78 is 38.0. The number of nitrogens with two attached hydrogens (primary N) is 1. The highest BCUT2D eigenvalue weighted by molar-refractivity contribution is 6.33. The maximum atomic E-state index is 12.7. The fourth-order valence-electron chi connectivity index (χ4n) is 1.65. The van der Waals surface area contributed by atoms with Gasteiger partial charge in [-0.2, -0.15) is 13.2 Å². The van der Waals surface area contributed by atoms with Crippen LogP contribution in [0.2, 0.25) is 5.02 Å². The van der Waals surface area contributed by atoms with E-state index in [1.807, 2.05) is 0 Å². The minimum atomic E-state index is -4.43. The molecule has 0 saturated heterocycles. The molecule has 0 radical (unpaired) electrons. The van der Waals surface area contributed by atoms with E-state index in [0.717, 1.165) is 12.1 Å². The highest BCUT2D eigenvalue weighted by Crippen LogP contribution is 2.35. The molecule has 0 spiro atoms. The highest BCUT2D eigenvalue weighted by atomic mass is 35.5. The third kappa shape index (κ3) is 3.14. The van der Waals surface area contributed by atoms with Crippen molar-refractivity contribution in [2.24, 2.45) is 0 Å². The quantitative estimate of drug-likeness (QED) is 0.865. The van der Waals surface area contributed by atoms with Gasteiger partial charge in [0.15, 0.2) is 0 Å². The van der Waals surface area contributed by atoms with Crippen LogP contribution < -0.4 is 11.1 Å². The first-order valence-corrected chi connectivity index (χ1v) is 6.01. The van der Waals surface area contributed by atoms with Crippen LogP contribution >= 0.6 is 11.6 Å². The maximum Gasteiger partial charge on any atom is 0.416 e. The average molecular weight is 302 g/mol. The molecule has 0 amide bonds. The topological polar surface area (TPSA) is 50.9 Å². The predicted octanol–water partition coefficient (Wildman–Crippen LogP) is 4.39. The molecule has 1 heterocycles. The molecule has 0 unspecified atom stereocenters. The number of halogens is 4. The number of alkyl halides is 3. The Kier molecular flexibility index (Phi) is 3.76. The molecule has 1 aromatic carbocycles. The van der Waals surface area contributed by atoms with Gasteiger partial charge in [-0.3, -0.25) is 0 Å². The summed E-state index contributed by atoms with van der Waals surface area (Å²) in [6, 6.07) is 4.73. The van der Waals surface area contributed by atoms with Crippen molar-refractivity contribution in [2.75, 3.05) is 11.1 Å². The number of nitrogens with one attached hydrogen (secondary N) is 1. The molecule has 0 fully saturated rings. The zero-order valence-corrected chi connectivity index (χ0v) is 11.2. The number of nitrogens with zero attached hydrogens (tertiary/aromatic N) is 1. The predicted molar refractivity (Wildman–Crippen MR) is 73.1 cm³/mol. The Balaban J connectivity index is 2.38. The summed E-state index contributed by atoms with van der Waals surface area (Å²) in [4.78, 5) is 4.03. The van der Waals surface area contributed by atoms with Crippen molar-refractivity contribution in [1.29, 1.82) is 0 Å². The number of anilines is 3. The summed E-state index contributed by atoms with van der Waals surface area (Å²) in [5, 5.41) is 2.96. The van der Waals surface area contributed by atoms with E-state index in [0.29, 0.717) is 17.1 Å². The lowest BCUT2D eigenvalue weighted by molar-refractivity contribution is -0.137. The molecule has 0 saturated carbocycles. The van der Waals surface area contributed by atoms with Crippen molar-refractivity contribution in [2.45, 2.75) is 13.1 Å². The van der Waals surface area contributed by atoms with E-state index in [-0.39, 0.29) is 10.7 Å². The molecule has 0 aliphatic carbocycles. The van der Waals surface area contributed by atoms with Crippen LogP contribution in [0.25, 0.3) is 0 Å². The largest absolute Gasteiger partial charge is 0.416 e. The van der Waals surface area contributed by atoms with E-state index in [4.69, 9.17) is 17.3 Å². The first-order valence-electron chi connectivity index (χ1n) is 5.63. The van der Waals surface area contributed by atoms with Crippen molar-refractivity contribution in [3.05, 3.63) is 46.6 Å². The second-order valence-electron chi connectivity index (χ2n) is 4.25. The van der Waals surface area contributed by atoms with Crippen molar-refractivity contribution in [3.8, 4) is 0 Å². The molecule has 1 aromatic heterocycles. The molecule has 0 aliphatic heterocycles. The van der Waals surface area contributed by atoms with Gasteiger partial charge < -0.3 is 11.1 Å². The Morgan fingerprint density at radius 3 is 2.55 bits per heavy atom. The standard InChI is InChI=1S/C13H11ClF3N3/c1-7-4-9(18)6-19-12(7)20-11-5-8(13(15,16)17)2-3-10(11)14/h2-6H,18H2,1H3,(H,19,20). The van der Waals surface area contributed by atoms with Gasteiger partial charge in [0.05, 0.1) is 28.2 Å². The average Bonchev–Trinajstić information content (AvgIpc) is 2.33. The number of nitrogen functional groups attached to an aromatic ring is 1. The van der Waals surface area contributed by atoms with E-state index in [1.54, 1.807) is 13.0 Å². The number of hydrogen-bond acceptors (Lipinski definition) is 3. The van der Waals surface area contributed by atoms with Crippen LogP contribution in [-0.4, -0.2) is 4.98 Å². The van der Waals surface area contributed by atoms with E-state index in [1.165, 1.54) is 12.3 Å². The lowest BCUT2D eigenvalue weighted by Gasteiger charge is -2.13. The molecule has 7 heteroatoms. The second-order valence-corrected chi connectivity index (χ2v) is 4.66. The third-order valence-corrected chi connectivity index (χ3v) is 2.98. The maximum absolute atomic E-state index is 12.7. The van der Waals surface area contributed by atoms with Gasteiger partial charge in [0.25, 0.3) is 0 Å². The lowest BCUT2D eigenvalue weighted by atomic mass is 10.2. The van der Waals surface area contributed by atoms with Gasteiger partial charge in [0.2, 0.25) is 0 Å². The fourth-order valence-corrected chi connectivity index (χ4v) is 1.82. The number of benzene rings is 1. The van der Waals surface area contributed by atoms with Gasteiger partial charge in [0, 0.05) is 0 Å². The van der Waals surface area contributed by atoms with Crippen molar-refractivity contribution < 1.29 is 13.2 Å². The van der Waals surface area contributed by atoms with Crippen LogP contribution in [0.4, 0.5) is 30.4 Å². The summed E-state index contributed by atoms with van der Waals surface area (Å²) in [6.45, 7) is 1.74. The molecule has 3 N–H and O–H groups in total. The van der Waals surface area contributed by atoms with Crippen LogP contribution in [-0.2, 0) is 6.18 Å². The third-order valence-electron chi connectivity index (χ3n) is 2.65. The fraction of sp³-hybridized carbons (Fsp3) is 0.154. The Hall–Kier alpha value is -1.95. The Morgan fingerprint density at radius 2 is 1.95 bits per heavy atom. The van der Waals surface area contributed by atoms with Gasteiger partial charge in [-0.25, -0.2) is 4.98 Å². The molecule has 2 aromatic rings. The van der Waals surface area contributed by atoms with E-state index < -0.39 is 11.7 Å². The number of pyridine rings is 1. The van der Waals surface area contributed by atoms with Crippen LogP contribution in [0.5, 0.6) is 0 Å². The van der Waals surface area contributed by atoms with Crippen LogP contribution in [0.15, 0.2) is 30.5 Å². The molecular weight excluding hydrogens is 291 g/mol. The van der Waals surface area contributed by atoms with Gasteiger partial charge in [-0.15, -0.1) is 0 Å². The highest BCUT2D eigenvalue weighted by Gasteiger charge is 2.31. The normalized spacial score (nSPS) is 11.4. The number of hydrogen-bond donors (Lipinski definition) is 2. The van der Waals surface area contributed by atoms with Crippen LogP contribution in [0.3, 0.4) is 0 Å². The Labute approximate surface area is 118 Å². The monoisotopic (exact) mass is 301 g/mol. The van der Waals surface area contributed by atoms with Gasteiger partial charge in [-0.1, -0.05) is 11.6 Å². The van der Waals surface area contributed by atoms with Crippen LogP contribution in [0.1, 0.15) is 11.1 Å². The van der Waals surface area contributed by atoms with E-state index in [9.17, 15) is 13.2 Å². The molecule has 3 nitrogen and oxygen atoms in total. The summed E-state index contributed by atoms with van der Waals surface area (Å²) in [5.41, 5.74) is 6.11. The van der Waals surface area contributed by atoms with Gasteiger partial charge >= 0.3 is 6.18 Å². The number of aromatic nitrogens is 1. The van der Waals surface area contributed by atoms with Crippen molar-refractivity contribution in [3.63, 3.8) is 0 Å². The van der Waals surface area contributed by atoms with Crippen LogP contribution in [0, 0.1) is 6.92 Å². The first kappa shape index (κ1) is 14.5. The summed E-state index contributed by atoms with van der Waals surface area (Å²) >= 11 is 5.90. The first-order chi connectivity index (χ1) is 9.27. The van der Waals surface area contributed by atoms with Gasteiger partial charge in [-0.05, 0) is 36.8 Å². The summed E-state index contributed by atoms with van der Waals surface area (Å²) in [6.07, 6.45) is -3.01. The van der Waals surface area contributed by atoms with Crippen molar-refractivity contribution in [1.82, 2.24) is 4.98 Å². The van der Waals surface area contributed by atoms with E-state index >= 15 is 0 Å². The molecular formula is C13H11ClF3N3. The second kappa shape index (κ2) is 5.20. The molecule has 0 atom stereocenters. The molecule has 0 bridgehead atoms. The molecule has 2 rings (SSSR count). The molecule has 106 valence electrons. The zero-order valence-electron chi connectivity index (χ0n) is 10.4. The number of aryl methyl sites for hydroxylation is 1. The smallest absolute Gasteiger partial charge is 0.397 e.